The molecule has 5 saturated carbocycles. The van der Waals surface area contributed by atoms with Gasteiger partial charge in [-0.15, -0.1) is 23.2 Å². The van der Waals surface area contributed by atoms with Crippen LogP contribution in [0.15, 0.2) is 0 Å². The van der Waals surface area contributed by atoms with E-state index in [1.807, 2.05) is 0 Å². The van der Waals surface area contributed by atoms with E-state index in [0.29, 0.717) is 6.42 Å². The normalized spacial score (nSPS) is 45.6. The average Bonchev–Trinajstić information content (AvgIpc) is 2.96. The van der Waals surface area contributed by atoms with Crippen molar-refractivity contribution in [3.63, 3.8) is 0 Å². The van der Waals surface area contributed by atoms with E-state index in [1.54, 1.807) is 13.8 Å². The molecule has 0 aromatic heterocycles. The molecule has 5 fully saturated rings. The van der Waals surface area contributed by atoms with E-state index in [1.165, 1.54) is 19.3 Å². The molecule has 0 heterocycles. The van der Waals surface area contributed by atoms with Gasteiger partial charge in [0, 0.05) is 12.0 Å². The van der Waals surface area contributed by atoms with Crippen LogP contribution in [0.3, 0.4) is 0 Å². The highest BCUT2D eigenvalue weighted by molar-refractivity contribution is 6.53. The summed E-state index contributed by atoms with van der Waals surface area (Å²) in [4.78, 5) is 24.9. The molecule has 24 heavy (non-hydrogen) atoms. The number of carbonyl (C=O) groups is 2. The number of halogens is 2. The monoisotopic (exact) mass is 373 g/mol. The summed E-state index contributed by atoms with van der Waals surface area (Å²) in [6.07, 6.45) is 6.77. The van der Waals surface area contributed by atoms with Crippen LogP contribution in [0, 0.1) is 23.2 Å². The zero-order valence-electron chi connectivity index (χ0n) is 14.2. The lowest BCUT2D eigenvalue weighted by Crippen LogP contribution is -2.61. The van der Waals surface area contributed by atoms with Gasteiger partial charge in [-0.25, -0.2) is 0 Å². The number of nitrogens with one attached hydrogen (secondary N) is 1. The molecule has 0 aromatic rings. The Labute approximate surface area is 153 Å². The lowest BCUT2D eigenvalue weighted by molar-refractivity contribution is -0.161. The first kappa shape index (κ1) is 17.0. The highest BCUT2D eigenvalue weighted by atomic mass is 35.5. The third-order valence-electron chi connectivity index (χ3n) is 6.79. The minimum Gasteiger partial charge on any atom is -0.452 e. The van der Waals surface area contributed by atoms with Crippen molar-refractivity contribution in [1.29, 1.82) is 0 Å². The molecule has 0 spiro atoms. The number of hydrogen-bond acceptors (Lipinski definition) is 3. The van der Waals surface area contributed by atoms with Crippen molar-refractivity contribution in [1.82, 2.24) is 5.32 Å². The number of alkyl halides is 2. The van der Waals surface area contributed by atoms with Crippen LogP contribution >= 0.6 is 23.2 Å². The van der Waals surface area contributed by atoms with E-state index < -0.39 is 21.8 Å². The van der Waals surface area contributed by atoms with Crippen molar-refractivity contribution < 1.29 is 14.3 Å². The molecule has 1 N–H and O–H groups in total. The Balaban J connectivity index is 1.37. The first-order valence-corrected chi connectivity index (χ1v) is 9.79. The van der Waals surface area contributed by atoms with E-state index in [4.69, 9.17) is 27.9 Å². The molecule has 5 aliphatic rings. The van der Waals surface area contributed by atoms with Gasteiger partial charge in [-0.3, -0.25) is 9.59 Å². The average molecular weight is 374 g/mol. The maximum absolute atomic E-state index is 12.6. The minimum atomic E-state index is -1.07. The Morgan fingerprint density at radius 2 is 1.54 bits per heavy atom. The predicted octanol–water partition coefficient (Wildman–Crippen LogP) is 3.59. The standard InChI is InChI=1S/C18H25Cl2NO3/c1-10(24-15(23)16(2)9-18(16,19)20)14(22)21-17-6-11-3-12(7-17)5-13(4-11)8-17/h10-13H,3-9H2,1-2H3,(H,21,22)/t10-,11?,12?,13?,16+,17?/m0/s1. The van der Waals surface area contributed by atoms with Gasteiger partial charge in [-0.2, -0.15) is 0 Å². The second-order valence-corrected chi connectivity index (χ2v) is 10.4. The van der Waals surface area contributed by atoms with Crippen LogP contribution in [0.1, 0.15) is 58.8 Å². The van der Waals surface area contributed by atoms with E-state index in [-0.39, 0.29) is 11.4 Å². The zero-order chi connectivity index (χ0) is 17.3. The largest absolute Gasteiger partial charge is 0.452 e. The van der Waals surface area contributed by atoms with Gasteiger partial charge in [0.15, 0.2) is 6.10 Å². The molecule has 134 valence electrons. The summed E-state index contributed by atoms with van der Waals surface area (Å²) in [7, 11) is 0. The third kappa shape index (κ3) is 2.65. The van der Waals surface area contributed by atoms with Crippen LogP contribution in [0.5, 0.6) is 0 Å². The van der Waals surface area contributed by atoms with Gasteiger partial charge in [0.05, 0.1) is 0 Å². The summed E-state index contributed by atoms with van der Waals surface area (Å²) in [6, 6.07) is 0. The molecule has 6 heteroatoms. The molecular formula is C18H25Cl2NO3. The van der Waals surface area contributed by atoms with E-state index in [0.717, 1.165) is 37.0 Å². The van der Waals surface area contributed by atoms with Crippen LogP contribution < -0.4 is 5.32 Å². The number of rotatable bonds is 4. The molecule has 0 saturated heterocycles. The molecule has 5 rings (SSSR count). The van der Waals surface area contributed by atoms with Crippen molar-refractivity contribution in [3.8, 4) is 0 Å². The second kappa shape index (κ2) is 5.26. The minimum absolute atomic E-state index is 0.0707. The summed E-state index contributed by atoms with van der Waals surface area (Å²) in [5, 5.41) is 3.24. The molecule has 4 bridgehead atoms. The summed E-state index contributed by atoms with van der Waals surface area (Å²) < 4.78 is 4.30. The van der Waals surface area contributed by atoms with Gasteiger partial charge in [0.1, 0.15) is 9.75 Å². The quantitative estimate of drug-likeness (QED) is 0.605. The lowest BCUT2D eigenvalue weighted by Gasteiger charge is -2.57. The van der Waals surface area contributed by atoms with Gasteiger partial charge in [-0.05, 0) is 70.1 Å². The first-order valence-electron chi connectivity index (χ1n) is 9.03. The highest BCUT2D eigenvalue weighted by Crippen LogP contribution is 2.64. The van der Waals surface area contributed by atoms with Crippen LogP contribution in [0.4, 0.5) is 0 Å². The summed E-state index contributed by atoms with van der Waals surface area (Å²) >= 11 is 12.0. The van der Waals surface area contributed by atoms with Crippen LogP contribution in [0.2, 0.25) is 0 Å². The molecule has 5 aliphatic carbocycles. The van der Waals surface area contributed by atoms with Crippen molar-refractivity contribution in [3.05, 3.63) is 0 Å². The Morgan fingerprint density at radius 3 is 1.96 bits per heavy atom. The number of esters is 1. The molecule has 2 atom stereocenters. The highest BCUT2D eigenvalue weighted by Gasteiger charge is 2.69. The van der Waals surface area contributed by atoms with Gasteiger partial charge in [0.25, 0.3) is 5.91 Å². The zero-order valence-corrected chi connectivity index (χ0v) is 15.8. The van der Waals surface area contributed by atoms with E-state index >= 15 is 0 Å². The van der Waals surface area contributed by atoms with E-state index in [9.17, 15) is 9.59 Å². The van der Waals surface area contributed by atoms with Gasteiger partial charge < -0.3 is 10.1 Å². The number of amides is 1. The Hall–Kier alpha value is -0.480. The molecule has 1 amide bonds. The maximum atomic E-state index is 12.6. The SMILES string of the molecule is C[C@H](OC(=O)[C@@]1(C)CC1(Cl)Cl)C(=O)NC12CC3CC(CC(C3)C1)C2. The number of ether oxygens (including phenoxy) is 1. The second-order valence-electron chi connectivity index (χ2n) is 8.95. The molecular weight excluding hydrogens is 349 g/mol. The number of carbonyl (C=O) groups excluding carboxylic acids is 2. The fraction of sp³-hybridized carbons (Fsp3) is 0.889. The third-order valence-corrected chi connectivity index (χ3v) is 7.89. The smallest absolute Gasteiger partial charge is 0.315 e. The fourth-order valence-corrected chi connectivity index (χ4v) is 6.28. The van der Waals surface area contributed by atoms with Crippen LogP contribution in [-0.4, -0.2) is 27.9 Å². The Kier molecular flexibility index (Phi) is 3.72. The molecule has 0 radical (unpaired) electrons. The molecule has 0 aliphatic heterocycles. The lowest BCUT2D eigenvalue weighted by atomic mass is 9.53. The van der Waals surface area contributed by atoms with E-state index in [2.05, 4.69) is 5.32 Å². The van der Waals surface area contributed by atoms with Crippen molar-refractivity contribution in [2.45, 2.75) is 74.8 Å². The van der Waals surface area contributed by atoms with Crippen molar-refractivity contribution >= 4 is 35.1 Å². The maximum Gasteiger partial charge on any atom is 0.315 e. The first-order chi connectivity index (χ1) is 11.1. The Bertz CT molecular complexity index is 556. The van der Waals surface area contributed by atoms with Gasteiger partial charge >= 0.3 is 5.97 Å². The molecule has 4 nitrogen and oxygen atoms in total. The van der Waals surface area contributed by atoms with Crippen molar-refractivity contribution in [2.75, 3.05) is 0 Å². The predicted molar refractivity (Wildman–Crippen MR) is 91.8 cm³/mol. The summed E-state index contributed by atoms with van der Waals surface area (Å²) in [6.45, 7) is 3.31. The van der Waals surface area contributed by atoms with Gasteiger partial charge in [-0.1, -0.05) is 0 Å². The van der Waals surface area contributed by atoms with Crippen LogP contribution in [-0.2, 0) is 14.3 Å². The fourth-order valence-electron chi connectivity index (χ4n) is 5.59. The molecule has 0 aromatic carbocycles. The molecule has 0 unspecified atom stereocenters. The topological polar surface area (TPSA) is 55.4 Å². The van der Waals surface area contributed by atoms with Crippen molar-refractivity contribution in [2.24, 2.45) is 23.2 Å². The summed E-state index contributed by atoms with van der Waals surface area (Å²) in [5.41, 5.74) is -0.968. The Morgan fingerprint density at radius 1 is 1.08 bits per heavy atom. The number of hydrogen-bond donors (Lipinski definition) is 1. The van der Waals surface area contributed by atoms with Gasteiger partial charge in [0.2, 0.25) is 0 Å². The summed E-state index contributed by atoms with van der Waals surface area (Å²) in [5.74, 6) is 1.60. The van der Waals surface area contributed by atoms with Crippen LogP contribution in [0.25, 0.3) is 0 Å².